The third kappa shape index (κ3) is 3.98. The summed E-state index contributed by atoms with van der Waals surface area (Å²) in [7, 11) is 0. The van der Waals surface area contributed by atoms with Crippen LogP contribution < -0.4 is 0 Å². The number of hydrogen-bond donors (Lipinski definition) is 0. The van der Waals surface area contributed by atoms with E-state index in [1.165, 1.54) is 0 Å². The number of ether oxygens (including phenoxy) is 1. The minimum atomic E-state index is -0.175. The number of rotatable bonds is 5. The highest BCUT2D eigenvalue weighted by Crippen LogP contribution is 2.18. The fourth-order valence-corrected chi connectivity index (χ4v) is 1.36. The summed E-state index contributed by atoms with van der Waals surface area (Å²) in [5, 5.41) is 0. The van der Waals surface area contributed by atoms with E-state index >= 15 is 0 Å². The van der Waals surface area contributed by atoms with E-state index in [1.54, 1.807) is 6.08 Å². The molecule has 0 amide bonds. The molecule has 0 aliphatic carbocycles. The van der Waals surface area contributed by atoms with Crippen LogP contribution in [0, 0.1) is 0 Å². The lowest BCUT2D eigenvalue weighted by molar-refractivity contribution is -0.142. The van der Waals surface area contributed by atoms with Gasteiger partial charge in [0.2, 0.25) is 0 Å². The molecule has 0 aliphatic heterocycles. The summed E-state index contributed by atoms with van der Waals surface area (Å²) < 4.78 is 4.93. The van der Waals surface area contributed by atoms with Crippen LogP contribution in [-0.4, -0.2) is 12.6 Å². The molecule has 0 N–H and O–H groups in total. The van der Waals surface area contributed by atoms with Crippen LogP contribution in [0.3, 0.4) is 0 Å². The van der Waals surface area contributed by atoms with Crippen molar-refractivity contribution in [2.45, 2.75) is 19.3 Å². The maximum atomic E-state index is 11.3. The summed E-state index contributed by atoms with van der Waals surface area (Å²) in [5.41, 5.74) is 1.16. The Morgan fingerprint density at radius 1 is 1.47 bits per heavy atom. The molecule has 2 nitrogen and oxygen atoms in total. The minimum Gasteiger partial charge on any atom is -0.461 e. The number of benzene rings is 1. The Hall–Kier alpha value is -1.57. The maximum absolute atomic E-state index is 11.3. The van der Waals surface area contributed by atoms with Crippen molar-refractivity contribution in [3.63, 3.8) is 0 Å². The van der Waals surface area contributed by atoms with E-state index in [9.17, 15) is 4.79 Å². The number of carbonyl (C=O) groups is 1. The second-order valence-corrected chi connectivity index (χ2v) is 3.49. The Morgan fingerprint density at radius 2 is 2.13 bits per heavy atom. The van der Waals surface area contributed by atoms with Gasteiger partial charge in [-0.05, 0) is 11.5 Å². The topological polar surface area (TPSA) is 26.3 Å². The lowest BCUT2D eigenvalue weighted by atomic mass is 9.98. The number of carbonyl (C=O) groups excluding carboxylic acids is 1. The van der Waals surface area contributed by atoms with E-state index in [1.807, 2.05) is 37.3 Å². The van der Waals surface area contributed by atoms with E-state index in [4.69, 9.17) is 4.74 Å². The molecule has 1 aromatic rings. The highest BCUT2D eigenvalue weighted by Gasteiger charge is 2.11. The first kappa shape index (κ1) is 11.5. The largest absolute Gasteiger partial charge is 0.461 e. The molecule has 0 bridgehead atoms. The summed E-state index contributed by atoms with van der Waals surface area (Å²) in [6, 6.07) is 9.95. The first-order valence-electron chi connectivity index (χ1n) is 5.05. The van der Waals surface area contributed by atoms with Crippen LogP contribution in [-0.2, 0) is 9.53 Å². The average Bonchev–Trinajstić information content (AvgIpc) is 2.27. The average molecular weight is 204 g/mol. The van der Waals surface area contributed by atoms with E-state index < -0.39 is 0 Å². The van der Waals surface area contributed by atoms with Crippen LogP contribution in [0.1, 0.15) is 24.8 Å². The normalized spacial score (nSPS) is 11.8. The molecular formula is C13H16O2. The third-order valence-corrected chi connectivity index (χ3v) is 2.20. The molecular weight excluding hydrogens is 188 g/mol. The molecule has 0 fully saturated rings. The van der Waals surface area contributed by atoms with Crippen LogP contribution in [0.2, 0.25) is 0 Å². The van der Waals surface area contributed by atoms with Crippen LogP contribution >= 0.6 is 0 Å². The lowest BCUT2D eigenvalue weighted by Crippen LogP contribution is -2.08. The highest BCUT2D eigenvalue weighted by molar-refractivity contribution is 5.70. The van der Waals surface area contributed by atoms with Gasteiger partial charge in [0.05, 0.1) is 6.42 Å². The lowest BCUT2D eigenvalue weighted by Gasteiger charge is -2.10. The van der Waals surface area contributed by atoms with Crippen molar-refractivity contribution in [1.29, 1.82) is 0 Å². The van der Waals surface area contributed by atoms with Crippen LogP contribution in [0.15, 0.2) is 43.0 Å². The number of hydrogen-bond acceptors (Lipinski definition) is 2. The predicted octanol–water partition coefficient (Wildman–Crippen LogP) is 2.91. The van der Waals surface area contributed by atoms with Crippen molar-refractivity contribution in [2.75, 3.05) is 6.61 Å². The summed E-state index contributed by atoms with van der Waals surface area (Å²) in [4.78, 5) is 11.3. The summed E-state index contributed by atoms with van der Waals surface area (Å²) in [6.07, 6.45) is 1.99. The fourth-order valence-electron chi connectivity index (χ4n) is 1.36. The van der Waals surface area contributed by atoms with Gasteiger partial charge in [0.1, 0.15) is 6.61 Å². The van der Waals surface area contributed by atoms with Gasteiger partial charge in [0.25, 0.3) is 0 Å². The monoisotopic (exact) mass is 204 g/mol. The Kier molecular flexibility index (Phi) is 4.61. The highest BCUT2D eigenvalue weighted by atomic mass is 16.5. The Balaban J connectivity index is 2.45. The molecule has 80 valence electrons. The van der Waals surface area contributed by atoms with Gasteiger partial charge >= 0.3 is 5.97 Å². The Morgan fingerprint density at radius 3 is 2.73 bits per heavy atom. The minimum absolute atomic E-state index is 0.175. The van der Waals surface area contributed by atoms with Crippen LogP contribution in [0.5, 0.6) is 0 Å². The molecule has 15 heavy (non-hydrogen) atoms. The van der Waals surface area contributed by atoms with Crippen molar-refractivity contribution < 1.29 is 9.53 Å². The smallest absolute Gasteiger partial charge is 0.306 e. The van der Waals surface area contributed by atoms with Gasteiger partial charge in [-0.2, -0.15) is 0 Å². The SMILES string of the molecule is C=CCOC(=O)CC(C)c1ccccc1. The molecule has 0 aliphatic rings. The predicted molar refractivity (Wildman–Crippen MR) is 60.6 cm³/mol. The van der Waals surface area contributed by atoms with E-state index in [0.717, 1.165) is 5.56 Å². The first-order valence-corrected chi connectivity index (χ1v) is 5.05. The molecule has 0 spiro atoms. The molecule has 0 saturated heterocycles. The molecule has 1 aromatic carbocycles. The van der Waals surface area contributed by atoms with E-state index in [0.29, 0.717) is 13.0 Å². The van der Waals surface area contributed by atoms with Crippen molar-refractivity contribution in [1.82, 2.24) is 0 Å². The van der Waals surface area contributed by atoms with Crippen molar-refractivity contribution in [3.05, 3.63) is 48.6 Å². The van der Waals surface area contributed by atoms with Crippen LogP contribution in [0.25, 0.3) is 0 Å². The molecule has 2 heteroatoms. The Bertz CT molecular complexity index is 317. The van der Waals surface area contributed by atoms with Crippen molar-refractivity contribution in [2.24, 2.45) is 0 Å². The fraction of sp³-hybridized carbons (Fsp3) is 0.308. The zero-order chi connectivity index (χ0) is 11.1. The van der Waals surface area contributed by atoms with Gasteiger partial charge in [-0.25, -0.2) is 0 Å². The molecule has 0 radical (unpaired) electrons. The van der Waals surface area contributed by atoms with Gasteiger partial charge in [-0.1, -0.05) is 49.9 Å². The molecule has 0 aromatic heterocycles. The van der Waals surface area contributed by atoms with Crippen molar-refractivity contribution >= 4 is 5.97 Å². The van der Waals surface area contributed by atoms with E-state index in [2.05, 4.69) is 6.58 Å². The summed E-state index contributed by atoms with van der Waals surface area (Å²) in [6.45, 7) is 5.80. The zero-order valence-electron chi connectivity index (χ0n) is 8.98. The Labute approximate surface area is 90.6 Å². The molecule has 0 heterocycles. The summed E-state index contributed by atoms with van der Waals surface area (Å²) in [5.74, 6) is 0.0229. The summed E-state index contributed by atoms with van der Waals surface area (Å²) >= 11 is 0. The third-order valence-electron chi connectivity index (χ3n) is 2.20. The zero-order valence-corrected chi connectivity index (χ0v) is 8.98. The first-order chi connectivity index (χ1) is 7.24. The van der Waals surface area contributed by atoms with Gasteiger partial charge in [-0.3, -0.25) is 4.79 Å². The molecule has 0 saturated carbocycles. The maximum Gasteiger partial charge on any atom is 0.306 e. The molecule has 1 rings (SSSR count). The van der Waals surface area contributed by atoms with E-state index in [-0.39, 0.29) is 11.9 Å². The van der Waals surface area contributed by atoms with Gasteiger partial charge < -0.3 is 4.74 Å². The second kappa shape index (κ2) is 6.02. The van der Waals surface area contributed by atoms with Crippen molar-refractivity contribution in [3.8, 4) is 0 Å². The second-order valence-electron chi connectivity index (χ2n) is 3.49. The van der Waals surface area contributed by atoms with Gasteiger partial charge in [0.15, 0.2) is 0 Å². The van der Waals surface area contributed by atoms with Gasteiger partial charge in [0, 0.05) is 0 Å². The standard InChI is InChI=1S/C13H16O2/c1-3-9-15-13(14)10-11(2)12-7-5-4-6-8-12/h3-8,11H,1,9-10H2,2H3. The van der Waals surface area contributed by atoms with Gasteiger partial charge in [-0.15, -0.1) is 0 Å². The number of esters is 1. The molecule has 1 unspecified atom stereocenters. The van der Waals surface area contributed by atoms with Crippen LogP contribution in [0.4, 0.5) is 0 Å². The quantitative estimate of drug-likeness (QED) is 0.544. The molecule has 1 atom stereocenters.